The molecule has 0 spiro atoms. The Kier molecular flexibility index (Phi) is 4.98. The van der Waals surface area contributed by atoms with Gasteiger partial charge in [0.25, 0.3) is 0 Å². The fourth-order valence-corrected chi connectivity index (χ4v) is 1.89. The van der Waals surface area contributed by atoms with Crippen LogP contribution in [0.2, 0.25) is 0 Å². The van der Waals surface area contributed by atoms with Crippen molar-refractivity contribution in [3.63, 3.8) is 0 Å². The van der Waals surface area contributed by atoms with E-state index in [1.165, 1.54) is 0 Å². The van der Waals surface area contributed by atoms with Gasteiger partial charge in [-0.1, -0.05) is 18.2 Å². The molecule has 4 heteroatoms. The van der Waals surface area contributed by atoms with Gasteiger partial charge in [0.15, 0.2) is 0 Å². The number of ether oxygens (including phenoxy) is 2. The second kappa shape index (κ2) is 6.93. The van der Waals surface area contributed by atoms with Gasteiger partial charge in [-0.25, -0.2) is 0 Å². The molecule has 0 aliphatic rings. The number of benzene rings is 2. The molecule has 106 valence electrons. The van der Waals surface area contributed by atoms with Crippen LogP contribution < -0.4 is 15.2 Å². The first-order chi connectivity index (χ1) is 9.72. The second-order valence-corrected chi connectivity index (χ2v) is 4.53. The summed E-state index contributed by atoms with van der Waals surface area (Å²) in [4.78, 5) is 0. The molecule has 0 aromatic heterocycles. The Balaban J connectivity index is 2.15. The van der Waals surface area contributed by atoms with Crippen molar-refractivity contribution in [2.45, 2.75) is 12.5 Å². The smallest absolute Gasteiger partial charge is 0.130 e. The van der Waals surface area contributed by atoms with E-state index in [2.05, 4.69) is 0 Å². The first-order valence-corrected chi connectivity index (χ1v) is 6.49. The van der Waals surface area contributed by atoms with E-state index in [0.717, 1.165) is 22.8 Å². The van der Waals surface area contributed by atoms with Crippen LogP contribution in [0.4, 0.5) is 0 Å². The molecule has 2 rings (SSSR count). The van der Waals surface area contributed by atoms with Crippen molar-refractivity contribution in [2.75, 3.05) is 13.7 Å². The highest BCUT2D eigenvalue weighted by Gasteiger charge is 2.08. The van der Waals surface area contributed by atoms with Crippen molar-refractivity contribution in [2.24, 2.45) is 5.73 Å². The third-order valence-corrected chi connectivity index (χ3v) is 2.98. The van der Waals surface area contributed by atoms with Gasteiger partial charge in [0.05, 0.1) is 13.7 Å². The third kappa shape index (κ3) is 3.73. The standard InChI is InChI=1S/C16H19NO3/c1-19-14-6-8-15(9-7-14)20-16-5-3-2-4-12(16)10-13(17)11-18/h2-9,13,18H,10-11,17H2,1H3. The lowest BCUT2D eigenvalue weighted by Crippen LogP contribution is -2.26. The van der Waals surface area contributed by atoms with Gasteiger partial charge in [-0.15, -0.1) is 0 Å². The maximum atomic E-state index is 9.05. The van der Waals surface area contributed by atoms with Gasteiger partial charge < -0.3 is 20.3 Å². The van der Waals surface area contributed by atoms with Crippen LogP contribution in [0.25, 0.3) is 0 Å². The van der Waals surface area contributed by atoms with E-state index in [0.29, 0.717) is 6.42 Å². The highest BCUT2D eigenvalue weighted by Crippen LogP contribution is 2.27. The number of para-hydroxylation sites is 1. The number of nitrogens with two attached hydrogens (primary N) is 1. The molecule has 2 aromatic rings. The van der Waals surface area contributed by atoms with Gasteiger partial charge in [-0.3, -0.25) is 0 Å². The minimum absolute atomic E-state index is 0.0448. The van der Waals surface area contributed by atoms with E-state index in [1.807, 2.05) is 48.5 Å². The van der Waals surface area contributed by atoms with Gasteiger partial charge in [-0.2, -0.15) is 0 Å². The van der Waals surface area contributed by atoms with E-state index >= 15 is 0 Å². The van der Waals surface area contributed by atoms with Crippen LogP contribution in [0, 0.1) is 0 Å². The Labute approximate surface area is 118 Å². The molecule has 0 saturated carbocycles. The molecular formula is C16H19NO3. The fraction of sp³-hybridized carbons (Fsp3) is 0.250. The van der Waals surface area contributed by atoms with Crippen molar-refractivity contribution in [1.82, 2.24) is 0 Å². The number of aliphatic hydroxyl groups is 1. The summed E-state index contributed by atoms with van der Waals surface area (Å²) in [5.74, 6) is 2.27. The van der Waals surface area contributed by atoms with Crippen LogP contribution in [-0.4, -0.2) is 24.9 Å². The molecule has 0 heterocycles. The fourth-order valence-electron chi connectivity index (χ4n) is 1.89. The lowest BCUT2D eigenvalue weighted by molar-refractivity contribution is 0.264. The summed E-state index contributed by atoms with van der Waals surface area (Å²) < 4.78 is 11.0. The minimum Gasteiger partial charge on any atom is -0.497 e. The Morgan fingerprint density at radius 3 is 2.35 bits per heavy atom. The molecule has 1 atom stereocenters. The molecule has 0 saturated heterocycles. The lowest BCUT2D eigenvalue weighted by Gasteiger charge is -2.14. The Morgan fingerprint density at radius 2 is 1.70 bits per heavy atom. The third-order valence-electron chi connectivity index (χ3n) is 2.98. The molecule has 2 aromatic carbocycles. The molecule has 0 radical (unpaired) electrons. The predicted molar refractivity (Wildman–Crippen MR) is 78.3 cm³/mol. The van der Waals surface area contributed by atoms with Crippen molar-refractivity contribution >= 4 is 0 Å². The largest absolute Gasteiger partial charge is 0.497 e. The van der Waals surface area contributed by atoms with Crippen LogP contribution in [0.15, 0.2) is 48.5 Å². The maximum absolute atomic E-state index is 9.05. The molecule has 1 unspecified atom stereocenters. The zero-order valence-corrected chi connectivity index (χ0v) is 11.5. The molecule has 0 bridgehead atoms. The number of hydrogen-bond acceptors (Lipinski definition) is 4. The average Bonchev–Trinajstić information content (AvgIpc) is 2.50. The van der Waals surface area contributed by atoms with Gasteiger partial charge in [0, 0.05) is 6.04 Å². The normalized spacial score (nSPS) is 11.9. The Morgan fingerprint density at radius 1 is 1.05 bits per heavy atom. The quantitative estimate of drug-likeness (QED) is 0.848. The molecule has 4 nitrogen and oxygen atoms in total. The molecule has 0 amide bonds. The molecule has 0 aliphatic carbocycles. The number of aliphatic hydroxyl groups excluding tert-OH is 1. The summed E-state index contributed by atoms with van der Waals surface area (Å²) >= 11 is 0. The van der Waals surface area contributed by atoms with Crippen molar-refractivity contribution < 1.29 is 14.6 Å². The summed E-state index contributed by atoms with van der Waals surface area (Å²) in [7, 11) is 1.63. The first kappa shape index (κ1) is 14.4. The second-order valence-electron chi connectivity index (χ2n) is 4.53. The molecule has 0 aliphatic heterocycles. The predicted octanol–water partition coefficient (Wildman–Crippen LogP) is 2.35. The van der Waals surface area contributed by atoms with E-state index < -0.39 is 0 Å². The van der Waals surface area contributed by atoms with Crippen LogP contribution in [0.1, 0.15) is 5.56 Å². The summed E-state index contributed by atoms with van der Waals surface area (Å²) in [6.07, 6.45) is 0.572. The van der Waals surface area contributed by atoms with Crippen LogP contribution in [0.5, 0.6) is 17.2 Å². The van der Waals surface area contributed by atoms with Crippen LogP contribution in [-0.2, 0) is 6.42 Å². The summed E-state index contributed by atoms with van der Waals surface area (Å²) in [6.45, 7) is -0.0448. The molecule has 20 heavy (non-hydrogen) atoms. The number of methoxy groups -OCH3 is 1. The lowest BCUT2D eigenvalue weighted by atomic mass is 10.1. The van der Waals surface area contributed by atoms with Crippen LogP contribution >= 0.6 is 0 Å². The van der Waals surface area contributed by atoms with E-state index in [1.54, 1.807) is 7.11 Å². The van der Waals surface area contributed by atoms with Gasteiger partial charge >= 0.3 is 0 Å². The summed E-state index contributed by atoms with van der Waals surface area (Å²) in [5.41, 5.74) is 6.76. The minimum atomic E-state index is -0.282. The van der Waals surface area contributed by atoms with Gasteiger partial charge in [-0.05, 0) is 42.3 Å². The maximum Gasteiger partial charge on any atom is 0.130 e. The monoisotopic (exact) mass is 273 g/mol. The van der Waals surface area contributed by atoms with Gasteiger partial charge in [0.2, 0.25) is 0 Å². The topological polar surface area (TPSA) is 64.7 Å². The highest BCUT2D eigenvalue weighted by molar-refractivity contribution is 5.39. The average molecular weight is 273 g/mol. The summed E-state index contributed by atoms with van der Waals surface area (Å²) in [6, 6.07) is 14.8. The van der Waals surface area contributed by atoms with E-state index in [-0.39, 0.29) is 12.6 Å². The SMILES string of the molecule is COc1ccc(Oc2ccccc2CC(N)CO)cc1. The van der Waals surface area contributed by atoms with Crippen molar-refractivity contribution in [3.05, 3.63) is 54.1 Å². The zero-order chi connectivity index (χ0) is 14.4. The van der Waals surface area contributed by atoms with Crippen molar-refractivity contribution in [3.8, 4) is 17.2 Å². The number of rotatable bonds is 6. The Bertz CT molecular complexity index is 540. The Hall–Kier alpha value is -2.04. The van der Waals surface area contributed by atoms with E-state index in [9.17, 15) is 0 Å². The molecule has 3 N–H and O–H groups in total. The van der Waals surface area contributed by atoms with Crippen molar-refractivity contribution in [1.29, 1.82) is 0 Å². The number of hydrogen-bond donors (Lipinski definition) is 2. The van der Waals surface area contributed by atoms with Crippen LogP contribution in [0.3, 0.4) is 0 Å². The first-order valence-electron chi connectivity index (χ1n) is 6.49. The molecular weight excluding hydrogens is 254 g/mol. The highest BCUT2D eigenvalue weighted by atomic mass is 16.5. The van der Waals surface area contributed by atoms with Gasteiger partial charge in [0.1, 0.15) is 17.2 Å². The molecule has 0 fully saturated rings. The zero-order valence-electron chi connectivity index (χ0n) is 11.5. The van der Waals surface area contributed by atoms with E-state index in [4.69, 9.17) is 20.3 Å². The summed E-state index contributed by atoms with van der Waals surface area (Å²) in [5, 5.41) is 9.05.